The molecule has 0 saturated heterocycles. The van der Waals surface area contributed by atoms with Crippen molar-refractivity contribution in [3.05, 3.63) is 46.8 Å². The molecule has 2 aromatic rings. The van der Waals surface area contributed by atoms with Crippen LogP contribution in [-0.4, -0.2) is 0 Å². The van der Waals surface area contributed by atoms with E-state index in [4.69, 9.17) is 4.42 Å². The zero-order chi connectivity index (χ0) is 7.68. The molecule has 0 atom stereocenters. The maximum Gasteiger partial charge on any atom is 0.192 e. The number of para-hydroxylation sites is 1. The number of hydrogen-bond acceptors (Lipinski definition) is 2. The first-order valence-corrected chi connectivity index (χ1v) is 3.34. The number of rotatable bonds is 0. The molecule has 13 heavy (non-hydrogen) atoms. The largest absolute Gasteiger partial charge is 0.464 e. The molecule has 0 saturated carbocycles. The van der Waals surface area contributed by atoms with Crippen LogP contribution < -0.4 is 5.43 Å². The molecule has 2 nitrogen and oxygen atoms in total. The van der Waals surface area contributed by atoms with E-state index >= 15 is 0 Å². The second-order valence-corrected chi connectivity index (χ2v) is 2.28. The Morgan fingerprint density at radius 3 is 2.38 bits per heavy atom. The van der Waals surface area contributed by atoms with Crippen molar-refractivity contribution in [3.63, 3.8) is 0 Å². The summed E-state index contributed by atoms with van der Waals surface area (Å²) in [5, 5.41) is 0.634. The molecule has 0 N–H and O–H groups in total. The lowest BCUT2D eigenvalue weighted by Gasteiger charge is -1.91. The first kappa shape index (κ1) is 12.0. The van der Waals surface area contributed by atoms with Crippen LogP contribution in [0, 0.1) is 0 Å². The molecule has 0 aliphatic rings. The predicted octanol–water partition coefficient (Wildman–Crippen LogP) is 2.64. The summed E-state index contributed by atoms with van der Waals surface area (Å²) in [5.41, 5.74) is 0.645. The van der Waals surface area contributed by atoms with Crippen LogP contribution in [0.1, 0.15) is 0 Å². The minimum Gasteiger partial charge on any atom is -0.464 e. The Kier molecular flexibility index (Phi) is 4.52. The Morgan fingerprint density at radius 2 is 1.69 bits per heavy atom. The summed E-state index contributed by atoms with van der Waals surface area (Å²) in [7, 11) is 0. The average Bonchev–Trinajstić information content (AvgIpc) is 2.06. The zero-order valence-corrected chi connectivity index (χ0v) is 8.23. The third-order valence-electron chi connectivity index (χ3n) is 1.57. The second kappa shape index (κ2) is 4.90. The van der Waals surface area contributed by atoms with Crippen LogP contribution in [-0.2, 0) is 0 Å². The lowest BCUT2D eigenvalue weighted by Crippen LogP contribution is -1.96. The molecule has 1 aromatic heterocycles. The lowest BCUT2D eigenvalue weighted by molar-refractivity contribution is 0.602. The molecule has 0 fully saturated rings. The summed E-state index contributed by atoms with van der Waals surface area (Å²) in [4.78, 5) is 11.1. The highest BCUT2D eigenvalue weighted by Crippen LogP contribution is 2.06. The Balaban J connectivity index is 0.000000720. The van der Waals surface area contributed by atoms with Crippen molar-refractivity contribution in [2.45, 2.75) is 0 Å². The van der Waals surface area contributed by atoms with Gasteiger partial charge in [-0.15, -0.1) is 24.8 Å². The van der Waals surface area contributed by atoms with Gasteiger partial charge >= 0.3 is 0 Å². The highest BCUT2D eigenvalue weighted by Gasteiger charge is 1.95. The van der Waals surface area contributed by atoms with E-state index in [1.54, 1.807) is 12.1 Å². The molecule has 0 aliphatic carbocycles. The van der Waals surface area contributed by atoms with Gasteiger partial charge in [0.25, 0.3) is 0 Å². The Bertz CT molecular complexity index is 431. The highest BCUT2D eigenvalue weighted by atomic mass is 35.5. The van der Waals surface area contributed by atoms with E-state index in [1.165, 1.54) is 12.3 Å². The fourth-order valence-corrected chi connectivity index (χ4v) is 1.03. The topological polar surface area (TPSA) is 30.2 Å². The molecule has 0 spiro atoms. The van der Waals surface area contributed by atoms with Crippen molar-refractivity contribution >= 4 is 35.8 Å². The maximum atomic E-state index is 11.1. The van der Waals surface area contributed by atoms with E-state index in [1.807, 2.05) is 12.1 Å². The molecule has 4 heteroatoms. The van der Waals surface area contributed by atoms with Gasteiger partial charge in [-0.2, -0.15) is 0 Å². The number of halogens is 2. The molecule has 1 aromatic carbocycles. The average molecular weight is 219 g/mol. The first-order valence-electron chi connectivity index (χ1n) is 3.34. The molecule has 2 rings (SSSR count). The fraction of sp³-hybridized carbons (Fsp3) is 0. The van der Waals surface area contributed by atoms with E-state index < -0.39 is 0 Å². The fourth-order valence-electron chi connectivity index (χ4n) is 1.03. The van der Waals surface area contributed by atoms with E-state index in [-0.39, 0.29) is 30.2 Å². The van der Waals surface area contributed by atoms with Crippen molar-refractivity contribution in [2.24, 2.45) is 0 Å². The molecule has 0 bridgehead atoms. The summed E-state index contributed by atoms with van der Waals surface area (Å²) >= 11 is 0. The van der Waals surface area contributed by atoms with Crippen LogP contribution in [0.5, 0.6) is 0 Å². The smallest absolute Gasteiger partial charge is 0.192 e. The molecule has 0 unspecified atom stereocenters. The summed E-state index contributed by atoms with van der Waals surface area (Å²) in [6, 6.07) is 8.60. The van der Waals surface area contributed by atoms with Crippen LogP contribution in [0.3, 0.4) is 0 Å². The van der Waals surface area contributed by atoms with Gasteiger partial charge in [-0.3, -0.25) is 4.79 Å². The SMILES string of the molecule is Cl.Cl.O=c1ccoc2ccccc12. The Labute approximate surface area is 87.4 Å². The van der Waals surface area contributed by atoms with Crippen LogP contribution in [0.15, 0.2) is 45.8 Å². The highest BCUT2D eigenvalue weighted by molar-refractivity contribution is 5.85. The lowest BCUT2D eigenvalue weighted by atomic mass is 10.2. The first-order chi connectivity index (χ1) is 5.38. The molecule has 70 valence electrons. The third kappa shape index (κ3) is 2.23. The Hall–Kier alpha value is -0.990. The molecular formula is C9H8Cl2O2. The normalized spacial score (nSPS) is 8.62. The molecule has 1 heterocycles. The van der Waals surface area contributed by atoms with Gasteiger partial charge in [0, 0.05) is 6.07 Å². The number of hydrogen-bond donors (Lipinski definition) is 0. The van der Waals surface area contributed by atoms with E-state index in [0.29, 0.717) is 11.0 Å². The molecular weight excluding hydrogens is 211 g/mol. The zero-order valence-electron chi connectivity index (χ0n) is 6.60. The van der Waals surface area contributed by atoms with Gasteiger partial charge in [0.15, 0.2) is 5.43 Å². The van der Waals surface area contributed by atoms with E-state index in [9.17, 15) is 4.79 Å². The van der Waals surface area contributed by atoms with Crippen LogP contribution in [0.4, 0.5) is 0 Å². The van der Waals surface area contributed by atoms with Crippen LogP contribution in [0.25, 0.3) is 11.0 Å². The minimum absolute atomic E-state index is 0. The predicted molar refractivity (Wildman–Crippen MR) is 57.0 cm³/mol. The van der Waals surface area contributed by atoms with Gasteiger partial charge in [0.05, 0.1) is 11.6 Å². The molecule has 0 amide bonds. The van der Waals surface area contributed by atoms with Crippen LogP contribution >= 0.6 is 24.8 Å². The third-order valence-corrected chi connectivity index (χ3v) is 1.57. The van der Waals surface area contributed by atoms with Gasteiger partial charge in [-0.1, -0.05) is 12.1 Å². The van der Waals surface area contributed by atoms with Crippen molar-refractivity contribution in [2.75, 3.05) is 0 Å². The number of benzene rings is 1. The van der Waals surface area contributed by atoms with Crippen molar-refractivity contribution in [1.82, 2.24) is 0 Å². The van der Waals surface area contributed by atoms with Crippen LogP contribution in [0.2, 0.25) is 0 Å². The van der Waals surface area contributed by atoms with Gasteiger partial charge in [-0.05, 0) is 12.1 Å². The van der Waals surface area contributed by atoms with Gasteiger partial charge < -0.3 is 4.42 Å². The molecule has 0 radical (unpaired) electrons. The van der Waals surface area contributed by atoms with Crippen molar-refractivity contribution in [1.29, 1.82) is 0 Å². The number of fused-ring (bicyclic) bond motifs is 1. The van der Waals surface area contributed by atoms with Crippen molar-refractivity contribution < 1.29 is 4.42 Å². The second-order valence-electron chi connectivity index (χ2n) is 2.28. The Morgan fingerprint density at radius 1 is 1.00 bits per heavy atom. The van der Waals surface area contributed by atoms with E-state index in [0.717, 1.165) is 0 Å². The summed E-state index contributed by atoms with van der Waals surface area (Å²) < 4.78 is 5.09. The van der Waals surface area contributed by atoms with E-state index in [2.05, 4.69) is 0 Å². The van der Waals surface area contributed by atoms with Crippen molar-refractivity contribution in [3.8, 4) is 0 Å². The quantitative estimate of drug-likeness (QED) is 0.681. The summed E-state index contributed by atoms with van der Waals surface area (Å²) in [5.74, 6) is 0. The minimum atomic E-state index is 0. The monoisotopic (exact) mass is 218 g/mol. The van der Waals surface area contributed by atoms with Gasteiger partial charge in [0.1, 0.15) is 5.58 Å². The summed E-state index contributed by atoms with van der Waals surface area (Å²) in [6.45, 7) is 0. The maximum absolute atomic E-state index is 11.1. The van der Waals surface area contributed by atoms with Gasteiger partial charge in [-0.25, -0.2) is 0 Å². The summed E-state index contributed by atoms with van der Waals surface area (Å²) in [6.07, 6.45) is 1.41. The standard InChI is InChI=1S/C9H6O2.2ClH/c10-8-5-6-11-9-4-2-1-3-7(8)9;;/h1-6H;2*1H. The molecule has 0 aliphatic heterocycles. The van der Waals surface area contributed by atoms with Gasteiger partial charge in [0.2, 0.25) is 0 Å².